The Morgan fingerprint density at radius 2 is 1.87 bits per heavy atom. The fourth-order valence-electron chi connectivity index (χ4n) is 3.53. The number of anilines is 2. The van der Waals surface area contributed by atoms with Gasteiger partial charge in [-0.15, -0.1) is 0 Å². The van der Waals surface area contributed by atoms with Gasteiger partial charge in [-0.1, -0.05) is 18.2 Å². The van der Waals surface area contributed by atoms with E-state index in [0.29, 0.717) is 28.2 Å². The van der Waals surface area contributed by atoms with E-state index in [0.717, 1.165) is 5.69 Å². The molecule has 0 spiro atoms. The van der Waals surface area contributed by atoms with Crippen LogP contribution in [0.1, 0.15) is 13.2 Å². The molecule has 0 unspecified atom stereocenters. The van der Waals surface area contributed by atoms with Crippen LogP contribution in [0.5, 0.6) is 0 Å². The maximum Gasteiger partial charge on any atom is 0.181 e. The Morgan fingerprint density at radius 1 is 1.03 bits per heavy atom. The number of aliphatic hydroxyl groups is 2. The third-order valence-electron chi connectivity index (χ3n) is 5.05. The van der Waals surface area contributed by atoms with Gasteiger partial charge in [-0.3, -0.25) is 9.97 Å². The number of aromatic nitrogens is 6. The lowest BCUT2D eigenvalue weighted by atomic mass is 10.1. The van der Waals surface area contributed by atoms with Crippen LogP contribution < -0.4 is 5.32 Å². The topological polar surface area (TPSA) is 131 Å². The number of fused-ring (bicyclic) bond motifs is 1. The first-order chi connectivity index (χ1) is 14.6. The first-order valence-corrected chi connectivity index (χ1v) is 9.47. The highest BCUT2D eigenvalue weighted by Gasteiger charge is 2.43. The van der Waals surface area contributed by atoms with Gasteiger partial charge in [0.25, 0.3) is 0 Å². The molecule has 4 atom stereocenters. The highest BCUT2D eigenvalue weighted by molar-refractivity contribution is 5.99. The second-order valence-electron chi connectivity index (χ2n) is 7.01. The van der Waals surface area contributed by atoms with Crippen LogP contribution in [-0.2, 0) is 4.74 Å². The van der Waals surface area contributed by atoms with Gasteiger partial charge >= 0.3 is 0 Å². The van der Waals surface area contributed by atoms with E-state index < -0.39 is 24.5 Å². The molecule has 10 heteroatoms. The maximum atomic E-state index is 10.5. The molecule has 4 heterocycles. The van der Waals surface area contributed by atoms with E-state index in [2.05, 4.69) is 30.4 Å². The van der Waals surface area contributed by atoms with Gasteiger partial charge in [0.15, 0.2) is 11.9 Å². The lowest BCUT2D eigenvalue weighted by molar-refractivity contribution is -0.0370. The van der Waals surface area contributed by atoms with Crippen LogP contribution in [0.2, 0.25) is 0 Å². The summed E-state index contributed by atoms with van der Waals surface area (Å²) in [7, 11) is 0. The molecule has 1 saturated heterocycles. The largest absolute Gasteiger partial charge is 0.388 e. The number of rotatable bonds is 4. The number of benzene rings is 1. The zero-order valence-electron chi connectivity index (χ0n) is 16.0. The van der Waals surface area contributed by atoms with Crippen LogP contribution >= 0.6 is 0 Å². The minimum Gasteiger partial charge on any atom is -0.388 e. The molecular weight excluding hydrogens is 386 g/mol. The number of hydrogen-bond acceptors (Lipinski definition) is 9. The zero-order chi connectivity index (χ0) is 20.7. The minimum atomic E-state index is -1.15. The van der Waals surface area contributed by atoms with Crippen molar-refractivity contribution in [1.82, 2.24) is 29.7 Å². The molecule has 0 bridgehead atoms. The predicted molar refractivity (Wildman–Crippen MR) is 108 cm³/mol. The first kappa shape index (κ1) is 18.6. The maximum absolute atomic E-state index is 10.5. The SMILES string of the molecule is C[C@H]1O[C@@H](n2nc(-c3cnccn3)c3c(Nc4ccccc4)ncnc32)[C@H](O)[C@@H]1O. The first-order valence-electron chi connectivity index (χ1n) is 9.47. The lowest BCUT2D eigenvalue weighted by Gasteiger charge is -2.15. The van der Waals surface area contributed by atoms with Gasteiger partial charge in [0.1, 0.15) is 35.7 Å². The Labute approximate surface area is 171 Å². The molecule has 10 nitrogen and oxygen atoms in total. The van der Waals surface area contributed by atoms with Crippen LogP contribution in [0.15, 0.2) is 55.2 Å². The van der Waals surface area contributed by atoms with E-state index in [1.54, 1.807) is 25.5 Å². The molecule has 0 amide bonds. The van der Waals surface area contributed by atoms with Crippen LogP contribution in [0.25, 0.3) is 22.4 Å². The van der Waals surface area contributed by atoms with Crippen molar-refractivity contribution < 1.29 is 14.9 Å². The van der Waals surface area contributed by atoms with Gasteiger partial charge in [0.05, 0.1) is 17.7 Å². The Morgan fingerprint density at radius 3 is 2.57 bits per heavy atom. The number of para-hydroxylation sites is 1. The van der Waals surface area contributed by atoms with Crippen LogP contribution in [0.3, 0.4) is 0 Å². The normalized spacial score (nSPS) is 23.7. The summed E-state index contributed by atoms with van der Waals surface area (Å²) >= 11 is 0. The Kier molecular flexibility index (Phi) is 4.58. The molecule has 5 rings (SSSR count). The summed E-state index contributed by atoms with van der Waals surface area (Å²) in [6.07, 6.45) is 2.51. The molecule has 30 heavy (non-hydrogen) atoms. The highest BCUT2D eigenvalue weighted by Crippen LogP contribution is 2.36. The van der Waals surface area contributed by atoms with Crippen LogP contribution in [-0.4, -0.2) is 58.2 Å². The number of nitrogens with zero attached hydrogens (tertiary/aromatic N) is 6. The molecule has 0 aliphatic carbocycles. The molecule has 1 aliphatic rings. The Hall–Kier alpha value is -3.47. The quantitative estimate of drug-likeness (QED) is 0.464. The van der Waals surface area contributed by atoms with E-state index in [1.807, 2.05) is 30.3 Å². The summed E-state index contributed by atoms with van der Waals surface area (Å²) in [6.45, 7) is 1.69. The molecule has 4 aromatic rings. The minimum absolute atomic E-state index is 0.439. The van der Waals surface area contributed by atoms with Crippen molar-refractivity contribution >= 4 is 22.5 Å². The average molecular weight is 405 g/mol. The van der Waals surface area contributed by atoms with Gasteiger partial charge in [-0.05, 0) is 19.1 Å². The summed E-state index contributed by atoms with van der Waals surface area (Å²) in [5.41, 5.74) is 2.29. The molecule has 1 fully saturated rings. The number of ether oxygens (including phenoxy) is 1. The summed E-state index contributed by atoms with van der Waals surface area (Å²) in [6, 6.07) is 9.60. The van der Waals surface area contributed by atoms with E-state index in [9.17, 15) is 10.2 Å². The van der Waals surface area contributed by atoms with Gasteiger partial charge in [-0.25, -0.2) is 14.6 Å². The molecular formula is C20H19N7O3. The smallest absolute Gasteiger partial charge is 0.181 e. The molecule has 152 valence electrons. The molecule has 3 N–H and O–H groups in total. The summed E-state index contributed by atoms with van der Waals surface area (Å²) in [5, 5.41) is 29.2. The van der Waals surface area contributed by atoms with Gasteiger partial charge < -0.3 is 20.3 Å². The van der Waals surface area contributed by atoms with E-state index in [1.165, 1.54) is 11.0 Å². The number of aliphatic hydroxyl groups excluding tert-OH is 2. The lowest BCUT2D eigenvalue weighted by Crippen LogP contribution is -2.30. The average Bonchev–Trinajstić information content (AvgIpc) is 3.29. The van der Waals surface area contributed by atoms with Crippen molar-refractivity contribution in [3.05, 3.63) is 55.2 Å². The van der Waals surface area contributed by atoms with Crippen molar-refractivity contribution in [2.24, 2.45) is 0 Å². The molecule has 1 aromatic carbocycles. The predicted octanol–water partition coefficient (Wildman–Crippen LogP) is 1.67. The van der Waals surface area contributed by atoms with Crippen molar-refractivity contribution in [2.75, 3.05) is 5.32 Å². The van der Waals surface area contributed by atoms with Crippen molar-refractivity contribution in [3.8, 4) is 11.4 Å². The van der Waals surface area contributed by atoms with E-state index in [-0.39, 0.29) is 0 Å². The fraction of sp³-hybridized carbons (Fsp3) is 0.250. The van der Waals surface area contributed by atoms with Crippen molar-refractivity contribution in [3.63, 3.8) is 0 Å². The highest BCUT2D eigenvalue weighted by atomic mass is 16.6. The third-order valence-corrected chi connectivity index (χ3v) is 5.05. The Balaban J connectivity index is 1.70. The van der Waals surface area contributed by atoms with Gasteiger partial charge in [-0.2, -0.15) is 5.10 Å². The molecule has 1 aliphatic heterocycles. The molecule has 0 saturated carbocycles. The van der Waals surface area contributed by atoms with Crippen LogP contribution in [0.4, 0.5) is 11.5 Å². The third kappa shape index (κ3) is 3.07. The second-order valence-corrected chi connectivity index (χ2v) is 7.01. The monoisotopic (exact) mass is 405 g/mol. The fourth-order valence-corrected chi connectivity index (χ4v) is 3.53. The van der Waals surface area contributed by atoms with Crippen LogP contribution in [0, 0.1) is 0 Å². The summed E-state index contributed by atoms with van der Waals surface area (Å²) in [5.74, 6) is 0.527. The summed E-state index contributed by atoms with van der Waals surface area (Å²) < 4.78 is 7.24. The second kappa shape index (κ2) is 7.41. The standard InChI is InChI=1S/C20H19N7O3/c1-11-16(28)17(29)20(30-11)27-19-14(15(26-27)13-9-21-7-8-22-13)18(23-10-24-19)25-12-5-3-2-4-6-12/h2-11,16-17,20,28-29H,1H3,(H,23,24,25)/t11-,16-,17-,20-/m1/s1. The zero-order valence-corrected chi connectivity index (χ0v) is 16.0. The van der Waals surface area contributed by atoms with Gasteiger partial charge in [0.2, 0.25) is 0 Å². The van der Waals surface area contributed by atoms with Crippen molar-refractivity contribution in [2.45, 2.75) is 31.5 Å². The number of hydrogen-bond donors (Lipinski definition) is 3. The Bertz CT molecular complexity index is 1170. The molecule has 0 radical (unpaired) electrons. The van der Waals surface area contributed by atoms with E-state index >= 15 is 0 Å². The summed E-state index contributed by atoms with van der Waals surface area (Å²) in [4.78, 5) is 17.3. The van der Waals surface area contributed by atoms with Gasteiger partial charge in [0, 0.05) is 18.1 Å². The van der Waals surface area contributed by atoms with E-state index in [4.69, 9.17) is 4.74 Å². The van der Waals surface area contributed by atoms with Crippen molar-refractivity contribution in [1.29, 1.82) is 0 Å². The molecule has 3 aromatic heterocycles. The number of nitrogens with one attached hydrogen (secondary N) is 1.